The lowest BCUT2D eigenvalue weighted by Crippen LogP contribution is -2.31. The normalized spacial score (nSPS) is 12.8. The maximum atomic E-state index is 14.9. The number of halogens is 3. The van der Waals surface area contributed by atoms with Gasteiger partial charge in [-0.3, -0.25) is 4.79 Å². The number of aromatic nitrogens is 6. The van der Waals surface area contributed by atoms with E-state index in [1.165, 1.54) is 42.7 Å². The molecule has 392 valence electrons. The smallest absolute Gasteiger partial charge is 0.335 e. The number of fused-ring (bicyclic) bond motifs is 1. The minimum absolute atomic E-state index is 0.000113. The Balaban J connectivity index is 0.000000213. The van der Waals surface area contributed by atoms with Crippen LogP contribution in [-0.4, -0.2) is 64.8 Å². The Morgan fingerprint density at radius 3 is 1.74 bits per heavy atom. The van der Waals surface area contributed by atoms with Crippen molar-refractivity contribution < 1.29 is 56.3 Å². The number of imidazole rings is 1. The van der Waals surface area contributed by atoms with Gasteiger partial charge >= 0.3 is 11.9 Å². The van der Waals surface area contributed by atoms with Crippen molar-refractivity contribution in [3.8, 4) is 46.9 Å². The van der Waals surface area contributed by atoms with Gasteiger partial charge in [0.1, 0.15) is 41.7 Å². The molecule has 1 N–H and O–H groups in total. The number of ether oxygens (including phenoxy) is 6. The molecule has 1 aliphatic rings. The minimum atomic E-state index is -1.21. The third-order valence-electron chi connectivity index (χ3n) is 11.7. The van der Waals surface area contributed by atoms with E-state index in [2.05, 4.69) is 24.9 Å². The van der Waals surface area contributed by atoms with Crippen LogP contribution in [0.25, 0.3) is 11.0 Å². The van der Waals surface area contributed by atoms with Gasteiger partial charge in [-0.15, -0.1) is 0 Å². The van der Waals surface area contributed by atoms with Crippen LogP contribution < -0.4 is 18.9 Å². The molecule has 9 rings (SSSR count). The molecule has 5 aromatic carbocycles. The van der Waals surface area contributed by atoms with Crippen LogP contribution >= 0.6 is 0 Å². The van der Waals surface area contributed by atoms with Gasteiger partial charge in [-0.05, 0) is 136 Å². The van der Waals surface area contributed by atoms with E-state index in [0.717, 1.165) is 46.9 Å². The molecule has 77 heavy (non-hydrogen) atoms. The summed E-state index contributed by atoms with van der Waals surface area (Å²) in [6.07, 6.45) is 4.36. The molecule has 0 spiro atoms. The van der Waals surface area contributed by atoms with E-state index < -0.39 is 29.0 Å². The molecule has 1 fully saturated rings. The van der Waals surface area contributed by atoms with Gasteiger partial charge in [0.15, 0.2) is 40.6 Å². The van der Waals surface area contributed by atoms with Gasteiger partial charge in [-0.25, -0.2) is 32.9 Å². The fraction of sp³-hybridized carbons (Fsp3) is 0.246. The number of rotatable bonds is 17. The molecule has 0 saturated carbocycles. The van der Waals surface area contributed by atoms with Crippen molar-refractivity contribution in [3.05, 3.63) is 183 Å². The Morgan fingerprint density at radius 1 is 0.727 bits per heavy atom. The van der Waals surface area contributed by atoms with E-state index in [4.69, 9.17) is 38.9 Å². The number of carboxylic acids is 1. The molecule has 17 nitrogen and oxygen atoms in total. The molecule has 1 atom stereocenters. The van der Waals surface area contributed by atoms with Crippen LogP contribution in [0.3, 0.4) is 0 Å². The number of aromatic carboxylic acids is 1. The lowest BCUT2D eigenvalue weighted by atomic mass is 10.0. The number of hydrogen-bond acceptors (Lipinski definition) is 15. The molecule has 3 aromatic heterocycles. The molecule has 20 heteroatoms. The molecule has 1 saturated heterocycles. The SMILES string of the molecule is Cc1cc(Oc2ccnc(COc3ccc(C#N)cc3F)n2)ccc1CC(=O)OC(C)(C)C.Cc1cc(Oc2ccnc(COc3ccc(C#N)cc3F)n2)ccc1Cc1nc2c(F)cc(C(=O)O)cc2n1C[C@@H]1CCO1. The summed E-state index contributed by atoms with van der Waals surface area (Å²) in [5.74, 6) is -0.732. The lowest BCUT2D eigenvalue weighted by Gasteiger charge is -2.27. The summed E-state index contributed by atoms with van der Waals surface area (Å²) in [6.45, 7) is 10.2. The minimum Gasteiger partial charge on any atom is -0.483 e. The predicted molar refractivity (Wildman–Crippen MR) is 271 cm³/mol. The zero-order valence-corrected chi connectivity index (χ0v) is 42.3. The Hall–Kier alpha value is -9.40. The van der Waals surface area contributed by atoms with Crippen molar-refractivity contribution >= 4 is 23.0 Å². The lowest BCUT2D eigenvalue weighted by molar-refractivity contribution is -0.153. The highest BCUT2D eigenvalue weighted by Crippen LogP contribution is 2.30. The van der Waals surface area contributed by atoms with E-state index in [-0.39, 0.29) is 77.1 Å². The van der Waals surface area contributed by atoms with Crippen LogP contribution in [0.4, 0.5) is 13.2 Å². The molecule has 4 heterocycles. The van der Waals surface area contributed by atoms with E-state index >= 15 is 0 Å². The number of aryl methyl sites for hydroxylation is 2. The van der Waals surface area contributed by atoms with Crippen LogP contribution in [-0.2, 0) is 46.9 Å². The van der Waals surface area contributed by atoms with Crippen LogP contribution in [0, 0.1) is 54.0 Å². The van der Waals surface area contributed by atoms with E-state index in [1.807, 2.05) is 75.6 Å². The van der Waals surface area contributed by atoms with E-state index in [9.17, 15) is 27.9 Å². The third-order valence-corrected chi connectivity index (χ3v) is 11.7. The average Bonchev–Trinajstić information content (AvgIpc) is 3.80. The molecule has 0 radical (unpaired) electrons. The van der Waals surface area contributed by atoms with Crippen LogP contribution in [0.1, 0.15) is 88.4 Å². The van der Waals surface area contributed by atoms with Crippen LogP contribution in [0.15, 0.2) is 109 Å². The number of nitriles is 2. The second-order valence-electron chi connectivity index (χ2n) is 18.6. The Labute approximate surface area is 440 Å². The van der Waals surface area contributed by atoms with E-state index in [0.29, 0.717) is 54.1 Å². The molecular formula is C57H49F3N8O9. The summed E-state index contributed by atoms with van der Waals surface area (Å²) in [7, 11) is 0. The number of carbonyl (C=O) groups is 2. The monoisotopic (exact) mass is 1050 g/mol. The first-order valence-corrected chi connectivity index (χ1v) is 24.0. The van der Waals surface area contributed by atoms with Gasteiger partial charge in [0.25, 0.3) is 0 Å². The Kier molecular flexibility index (Phi) is 16.7. The van der Waals surface area contributed by atoms with Gasteiger partial charge in [0.2, 0.25) is 11.8 Å². The standard InChI is InChI=1S/C32H25F2N5O5.C25H24FN3O4/c1-18-10-22(44-30-6-8-36-28(37-30)17-43-27-5-2-19(15-35)11-24(27)33)4-3-20(18)14-29-38-31-25(34)12-21(32(40)41)13-26(31)39(29)16-23-7-9-42-23;1-16-11-19(7-6-18(16)13-24(30)33-25(2,3)4)32-23-9-10-28-22(29-23)15-31-21-8-5-17(14-27)12-20(21)26/h2-6,8,10-13,23H,7,9,14,16-17H2,1H3,(H,40,41);5-12H,13,15H2,1-4H3/t23-;/m0./s1. The van der Waals surface area contributed by atoms with Gasteiger partial charge in [-0.2, -0.15) is 20.5 Å². The van der Waals surface area contributed by atoms with Crippen molar-refractivity contribution in [2.45, 2.75) is 85.3 Å². The zero-order chi connectivity index (χ0) is 54.8. The van der Waals surface area contributed by atoms with E-state index in [1.54, 1.807) is 24.3 Å². The summed E-state index contributed by atoms with van der Waals surface area (Å²) >= 11 is 0. The second kappa shape index (κ2) is 23.9. The average molecular weight is 1050 g/mol. The molecular weight excluding hydrogens is 998 g/mol. The van der Waals surface area contributed by atoms with Crippen molar-refractivity contribution in [2.24, 2.45) is 0 Å². The number of nitrogens with zero attached hydrogens (tertiary/aromatic N) is 8. The highest BCUT2D eigenvalue weighted by molar-refractivity contribution is 5.93. The number of hydrogen-bond donors (Lipinski definition) is 1. The topological polar surface area (TPSA) is 227 Å². The quantitative estimate of drug-likeness (QED) is 0.0836. The summed E-state index contributed by atoms with van der Waals surface area (Å²) in [4.78, 5) is 45.1. The summed E-state index contributed by atoms with van der Waals surface area (Å²) in [5.41, 5.74) is 3.79. The molecule has 0 bridgehead atoms. The second-order valence-corrected chi connectivity index (χ2v) is 18.6. The van der Waals surface area contributed by atoms with Crippen molar-refractivity contribution in [2.75, 3.05) is 6.61 Å². The molecule has 0 aliphatic carbocycles. The van der Waals surface area contributed by atoms with Gasteiger partial charge in [0.05, 0.1) is 53.4 Å². The summed E-state index contributed by atoms with van der Waals surface area (Å²) in [5, 5.41) is 27.2. The Morgan fingerprint density at radius 2 is 1.27 bits per heavy atom. The molecule has 8 aromatic rings. The first-order valence-electron chi connectivity index (χ1n) is 24.0. The maximum absolute atomic E-state index is 14.9. The zero-order valence-electron chi connectivity index (χ0n) is 42.3. The molecule has 0 unspecified atom stereocenters. The van der Waals surface area contributed by atoms with Gasteiger partial charge in [-0.1, -0.05) is 12.1 Å². The first kappa shape index (κ1) is 53.9. The number of benzene rings is 5. The van der Waals surface area contributed by atoms with Crippen molar-refractivity contribution in [3.63, 3.8) is 0 Å². The predicted octanol–water partition coefficient (Wildman–Crippen LogP) is 10.8. The highest BCUT2D eigenvalue weighted by atomic mass is 19.1. The Bertz CT molecular complexity index is 3590. The molecule has 1 aliphatic heterocycles. The fourth-order valence-corrected chi connectivity index (χ4v) is 7.80. The van der Waals surface area contributed by atoms with Crippen molar-refractivity contribution in [1.29, 1.82) is 10.5 Å². The highest BCUT2D eigenvalue weighted by Gasteiger charge is 2.25. The summed E-state index contributed by atoms with van der Waals surface area (Å²) < 4.78 is 78.5. The first-order chi connectivity index (χ1) is 36.9. The van der Waals surface area contributed by atoms with Crippen LogP contribution in [0.5, 0.6) is 34.8 Å². The summed E-state index contributed by atoms with van der Waals surface area (Å²) in [6, 6.07) is 28.1. The number of carboxylic acid groups (broad SMARTS) is 1. The number of esters is 1. The van der Waals surface area contributed by atoms with Gasteiger partial charge < -0.3 is 38.1 Å². The van der Waals surface area contributed by atoms with Crippen LogP contribution in [0.2, 0.25) is 0 Å². The van der Waals surface area contributed by atoms with Gasteiger partial charge in [0, 0.05) is 37.6 Å². The fourth-order valence-electron chi connectivity index (χ4n) is 7.80. The number of carbonyl (C=O) groups excluding carboxylic acids is 1. The molecule has 0 amide bonds. The third kappa shape index (κ3) is 14.3. The largest absolute Gasteiger partial charge is 0.483 e. The van der Waals surface area contributed by atoms with Crippen molar-refractivity contribution in [1.82, 2.24) is 29.5 Å². The maximum Gasteiger partial charge on any atom is 0.335 e.